The number of carbonyl (C=O) groups excluding carboxylic acids is 2. The highest BCUT2D eigenvalue weighted by atomic mass is 32.1. The van der Waals surface area contributed by atoms with Crippen LogP contribution in [0.2, 0.25) is 0 Å². The van der Waals surface area contributed by atoms with Crippen molar-refractivity contribution in [1.29, 1.82) is 0 Å². The van der Waals surface area contributed by atoms with Crippen LogP contribution in [-0.4, -0.2) is 23.1 Å². The average molecular weight is 451 g/mol. The van der Waals surface area contributed by atoms with Gasteiger partial charge in [-0.15, -0.1) is 11.3 Å². The lowest BCUT2D eigenvalue weighted by Crippen LogP contribution is -2.16. The highest BCUT2D eigenvalue weighted by Gasteiger charge is 2.25. The lowest BCUT2D eigenvalue weighted by Gasteiger charge is -2.09. The molecule has 1 N–H and O–H groups in total. The molecule has 2 aromatic heterocycles. The number of ether oxygens (including phenoxy) is 1. The molecule has 0 saturated carbocycles. The fourth-order valence-corrected chi connectivity index (χ4v) is 4.99. The Kier molecular flexibility index (Phi) is 6.10. The van der Waals surface area contributed by atoms with Crippen molar-refractivity contribution in [2.24, 2.45) is 7.05 Å². The maximum atomic E-state index is 13.4. The first-order valence-corrected chi connectivity index (χ1v) is 11.1. The van der Waals surface area contributed by atoms with Gasteiger partial charge >= 0.3 is 5.97 Å². The Morgan fingerprint density at radius 1 is 1.12 bits per heavy atom. The molecule has 0 atom stereocenters. The number of hydrogen-bond acceptors (Lipinski definition) is 4. The number of benzene rings is 2. The number of halogens is 1. The van der Waals surface area contributed by atoms with Gasteiger partial charge in [0.05, 0.1) is 13.0 Å². The summed E-state index contributed by atoms with van der Waals surface area (Å²) in [6.07, 6.45) is 2.12. The van der Waals surface area contributed by atoms with Gasteiger partial charge in [0.25, 0.3) is 0 Å². The molecular formula is C25H23FN2O3S. The fourth-order valence-electron chi connectivity index (χ4n) is 3.91. The number of amides is 1. The molecule has 0 fully saturated rings. The average Bonchev–Trinajstić information content (AvgIpc) is 3.25. The van der Waals surface area contributed by atoms with Gasteiger partial charge in [-0.25, -0.2) is 9.18 Å². The number of nitrogens with one attached hydrogen (secondary N) is 1. The second-order valence-corrected chi connectivity index (χ2v) is 8.70. The Morgan fingerprint density at radius 2 is 1.84 bits per heavy atom. The molecule has 0 aliphatic heterocycles. The minimum absolute atomic E-state index is 0.173. The lowest BCUT2D eigenvalue weighted by atomic mass is 10.0. The Morgan fingerprint density at radius 3 is 2.56 bits per heavy atom. The van der Waals surface area contributed by atoms with Crippen LogP contribution in [-0.2, 0) is 23.0 Å². The molecule has 4 aromatic rings. The molecule has 32 heavy (non-hydrogen) atoms. The molecule has 2 aromatic carbocycles. The predicted molar refractivity (Wildman–Crippen MR) is 126 cm³/mol. The van der Waals surface area contributed by atoms with Gasteiger partial charge in [-0.1, -0.05) is 30.3 Å². The SMILES string of the molecule is CCOC(=O)c1c(NC(=O)Cc2cn(C)c3ccccc23)sc(C)c1-c1ccc(F)cc1. The summed E-state index contributed by atoms with van der Waals surface area (Å²) >= 11 is 1.31. The van der Waals surface area contributed by atoms with Crippen molar-refractivity contribution in [3.05, 3.63) is 76.5 Å². The molecule has 0 saturated heterocycles. The Hall–Kier alpha value is -3.45. The van der Waals surface area contributed by atoms with Crippen LogP contribution in [0.4, 0.5) is 9.39 Å². The van der Waals surface area contributed by atoms with Gasteiger partial charge in [-0.3, -0.25) is 4.79 Å². The number of nitrogens with zero attached hydrogens (tertiary/aromatic N) is 1. The van der Waals surface area contributed by atoms with E-state index >= 15 is 0 Å². The number of esters is 1. The van der Waals surface area contributed by atoms with Crippen molar-refractivity contribution < 1.29 is 18.7 Å². The number of hydrogen-bond donors (Lipinski definition) is 1. The number of fused-ring (bicyclic) bond motifs is 1. The van der Waals surface area contributed by atoms with Gasteiger partial charge in [0, 0.05) is 34.6 Å². The van der Waals surface area contributed by atoms with E-state index in [2.05, 4.69) is 5.32 Å². The van der Waals surface area contributed by atoms with E-state index in [1.165, 1.54) is 23.5 Å². The van der Waals surface area contributed by atoms with E-state index in [0.29, 0.717) is 21.7 Å². The molecule has 164 valence electrons. The molecule has 0 aliphatic carbocycles. The topological polar surface area (TPSA) is 60.3 Å². The van der Waals surface area contributed by atoms with E-state index in [1.807, 2.05) is 49.0 Å². The summed E-state index contributed by atoms with van der Waals surface area (Å²) in [5.41, 5.74) is 3.59. The Balaban J connectivity index is 1.68. The molecule has 1 amide bonds. The van der Waals surface area contributed by atoms with Gasteiger partial charge in [0.2, 0.25) is 5.91 Å². The number of aromatic nitrogens is 1. The monoisotopic (exact) mass is 450 g/mol. The summed E-state index contributed by atoms with van der Waals surface area (Å²) < 4.78 is 20.7. The van der Waals surface area contributed by atoms with Crippen molar-refractivity contribution in [1.82, 2.24) is 4.57 Å². The number of anilines is 1. The van der Waals surface area contributed by atoms with E-state index < -0.39 is 5.97 Å². The van der Waals surface area contributed by atoms with Crippen molar-refractivity contribution in [3.63, 3.8) is 0 Å². The van der Waals surface area contributed by atoms with Crippen molar-refractivity contribution in [2.75, 3.05) is 11.9 Å². The predicted octanol–water partition coefficient (Wildman–Crippen LogP) is 5.71. The van der Waals surface area contributed by atoms with Gasteiger partial charge in [0.1, 0.15) is 16.4 Å². The van der Waals surface area contributed by atoms with Crippen LogP contribution in [0.3, 0.4) is 0 Å². The van der Waals surface area contributed by atoms with Crippen LogP contribution in [0.15, 0.2) is 54.7 Å². The quantitative estimate of drug-likeness (QED) is 0.383. The minimum Gasteiger partial charge on any atom is -0.462 e. The smallest absolute Gasteiger partial charge is 0.341 e. The number of rotatable bonds is 6. The van der Waals surface area contributed by atoms with E-state index in [9.17, 15) is 14.0 Å². The van der Waals surface area contributed by atoms with Crippen molar-refractivity contribution in [3.8, 4) is 11.1 Å². The number of aryl methyl sites for hydroxylation is 2. The Labute approximate surface area is 189 Å². The van der Waals surface area contributed by atoms with Crippen LogP contribution in [0.5, 0.6) is 0 Å². The summed E-state index contributed by atoms with van der Waals surface area (Å²) in [4.78, 5) is 26.6. The van der Waals surface area contributed by atoms with E-state index in [4.69, 9.17) is 4.74 Å². The van der Waals surface area contributed by atoms with E-state index in [1.54, 1.807) is 19.1 Å². The zero-order valence-corrected chi connectivity index (χ0v) is 18.9. The standard InChI is InChI=1S/C25H23FN2O3S/c1-4-31-25(30)23-22(16-9-11-18(26)12-10-16)15(2)32-24(23)27-21(29)13-17-14-28(3)20-8-6-5-7-19(17)20/h5-12,14H,4,13H2,1-3H3,(H,27,29). The third-order valence-corrected chi connectivity index (χ3v) is 6.30. The van der Waals surface area contributed by atoms with Crippen molar-refractivity contribution >= 4 is 39.1 Å². The molecule has 0 unspecified atom stereocenters. The Bertz CT molecular complexity index is 1300. The van der Waals surface area contributed by atoms with E-state index in [0.717, 1.165) is 21.3 Å². The van der Waals surface area contributed by atoms with Gasteiger partial charge < -0.3 is 14.6 Å². The van der Waals surface area contributed by atoms with Crippen LogP contribution in [0.1, 0.15) is 27.7 Å². The first-order valence-electron chi connectivity index (χ1n) is 10.3. The third kappa shape index (κ3) is 4.16. The zero-order valence-electron chi connectivity index (χ0n) is 18.1. The molecule has 2 heterocycles. The molecule has 0 bridgehead atoms. The second-order valence-electron chi connectivity index (χ2n) is 7.47. The summed E-state index contributed by atoms with van der Waals surface area (Å²) in [6.45, 7) is 3.81. The fraction of sp³-hybridized carbons (Fsp3) is 0.200. The summed E-state index contributed by atoms with van der Waals surface area (Å²) in [6, 6.07) is 13.8. The third-order valence-electron chi connectivity index (χ3n) is 5.28. The molecule has 7 heteroatoms. The molecule has 0 radical (unpaired) electrons. The van der Waals surface area contributed by atoms with Crippen LogP contribution >= 0.6 is 11.3 Å². The minimum atomic E-state index is -0.517. The summed E-state index contributed by atoms with van der Waals surface area (Å²) in [5, 5.41) is 4.36. The molecule has 0 aliphatic rings. The highest BCUT2D eigenvalue weighted by Crippen LogP contribution is 2.40. The zero-order chi connectivity index (χ0) is 22.8. The summed E-state index contributed by atoms with van der Waals surface area (Å²) in [7, 11) is 1.94. The second kappa shape index (κ2) is 8.96. The first kappa shape index (κ1) is 21.8. The lowest BCUT2D eigenvalue weighted by molar-refractivity contribution is -0.115. The normalized spacial score (nSPS) is 11.0. The van der Waals surface area contributed by atoms with Crippen LogP contribution < -0.4 is 5.32 Å². The van der Waals surface area contributed by atoms with Gasteiger partial charge in [0.15, 0.2) is 0 Å². The maximum absolute atomic E-state index is 13.4. The molecule has 5 nitrogen and oxygen atoms in total. The summed E-state index contributed by atoms with van der Waals surface area (Å²) in [5.74, 6) is -1.10. The molecular weight excluding hydrogens is 427 g/mol. The van der Waals surface area contributed by atoms with E-state index in [-0.39, 0.29) is 24.8 Å². The van der Waals surface area contributed by atoms with Crippen molar-refractivity contribution in [2.45, 2.75) is 20.3 Å². The van der Waals surface area contributed by atoms with Gasteiger partial charge in [-0.05, 0) is 43.2 Å². The number of thiophene rings is 1. The van der Waals surface area contributed by atoms with Crippen LogP contribution in [0.25, 0.3) is 22.0 Å². The largest absolute Gasteiger partial charge is 0.462 e. The maximum Gasteiger partial charge on any atom is 0.341 e. The highest BCUT2D eigenvalue weighted by molar-refractivity contribution is 7.17. The molecule has 4 rings (SSSR count). The first-order chi connectivity index (χ1) is 15.4. The number of carbonyl (C=O) groups is 2. The van der Waals surface area contributed by atoms with Crippen LogP contribution in [0, 0.1) is 12.7 Å². The van der Waals surface area contributed by atoms with Gasteiger partial charge in [-0.2, -0.15) is 0 Å². The number of para-hydroxylation sites is 1. The molecule has 0 spiro atoms.